The molecule has 1 aromatic carbocycles. The minimum Gasteiger partial charge on any atom is -0.206 e. The Labute approximate surface area is 85.0 Å². The van der Waals surface area contributed by atoms with Gasteiger partial charge in [-0.05, 0) is 12.1 Å². The van der Waals surface area contributed by atoms with Gasteiger partial charge in [-0.25, -0.2) is 4.39 Å². The van der Waals surface area contributed by atoms with Gasteiger partial charge in [-0.2, -0.15) is 12.6 Å². The van der Waals surface area contributed by atoms with E-state index >= 15 is 0 Å². The summed E-state index contributed by atoms with van der Waals surface area (Å²) in [5.41, 5.74) is 0.590. The van der Waals surface area contributed by atoms with Crippen molar-refractivity contribution in [1.82, 2.24) is 0 Å². The van der Waals surface area contributed by atoms with E-state index in [0.29, 0.717) is 11.3 Å². The highest BCUT2D eigenvalue weighted by molar-refractivity contribution is 9.10. The van der Waals surface area contributed by atoms with Gasteiger partial charge >= 0.3 is 0 Å². The average molecular weight is 247 g/mol. The lowest BCUT2D eigenvalue weighted by Gasteiger charge is -1.96. The minimum absolute atomic E-state index is 0.220. The molecule has 1 aromatic rings. The van der Waals surface area contributed by atoms with E-state index in [0.717, 1.165) is 4.47 Å². The van der Waals surface area contributed by atoms with Gasteiger partial charge in [0.1, 0.15) is 5.82 Å². The van der Waals surface area contributed by atoms with E-state index in [4.69, 9.17) is 0 Å². The van der Waals surface area contributed by atoms with Crippen LogP contribution in [0.15, 0.2) is 28.7 Å². The van der Waals surface area contributed by atoms with Gasteiger partial charge in [-0.15, -0.1) is 0 Å². The normalized spacial score (nSPS) is 10.9. The maximum absolute atomic E-state index is 13.1. The predicted octanol–water partition coefficient (Wildman–Crippen LogP) is 3.53. The molecule has 0 heterocycles. The molecule has 0 spiro atoms. The van der Waals surface area contributed by atoms with E-state index in [1.807, 2.05) is 0 Å². The summed E-state index contributed by atoms with van der Waals surface area (Å²) in [6.45, 7) is 0. The number of thiol groups is 1. The molecule has 0 aliphatic heterocycles. The number of rotatable bonds is 2. The van der Waals surface area contributed by atoms with Crippen LogP contribution in [0.4, 0.5) is 4.39 Å². The summed E-state index contributed by atoms with van der Waals surface area (Å²) < 4.78 is 13.8. The van der Waals surface area contributed by atoms with Crippen LogP contribution in [0.25, 0.3) is 6.08 Å². The molecule has 0 radical (unpaired) electrons. The Bertz CT molecular complexity index is 297. The Hall–Kier alpha value is -0.280. The first-order valence-electron chi connectivity index (χ1n) is 3.46. The fraction of sp³-hybridized carbons (Fsp3) is 0.111. The summed E-state index contributed by atoms with van der Waals surface area (Å²) in [5, 5.41) is 0. The zero-order valence-electron chi connectivity index (χ0n) is 6.30. The molecule has 0 saturated heterocycles. The van der Waals surface area contributed by atoms with Crippen molar-refractivity contribution in [3.05, 3.63) is 40.1 Å². The van der Waals surface area contributed by atoms with Crippen molar-refractivity contribution in [2.45, 2.75) is 0 Å². The van der Waals surface area contributed by atoms with Gasteiger partial charge < -0.3 is 0 Å². The fourth-order valence-corrected chi connectivity index (χ4v) is 1.25. The monoisotopic (exact) mass is 246 g/mol. The lowest BCUT2D eigenvalue weighted by atomic mass is 10.2. The first-order chi connectivity index (χ1) is 5.74. The molecule has 3 heteroatoms. The van der Waals surface area contributed by atoms with Gasteiger partial charge in [0.25, 0.3) is 0 Å². The molecule has 0 aliphatic rings. The topological polar surface area (TPSA) is 0 Å². The van der Waals surface area contributed by atoms with Crippen LogP contribution in [-0.4, -0.2) is 5.75 Å². The summed E-state index contributed by atoms with van der Waals surface area (Å²) >= 11 is 7.17. The van der Waals surface area contributed by atoms with Gasteiger partial charge in [-0.1, -0.05) is 34.1 Å². The zero-order chi connectivity index (χ0) is 8.97. The zero-order valence-corrected chi connectivity index (χ0v) is 8.78. The molecule has 1 rings (SSSR count). The quantitative estimate of drug-likeness (QED) is 0.759. The third-order valence-electron chi connectivity index (χ3n) is 1.37. The maximum atomic E-state index is 13.1. The molecule has 0 N–H and O–H groups in total. The third kappa shape index (κ3) is 2.64. The SMILES string of the molecule is Fc1cc(Br)ccc1C=CCS. The standard InChI is InChI=1S/C9H8BrFS/c10-8-4-3-7(2-1-5-12)9(11)6-8/h1-4,6,12H,5H2. The van der Waals surface area contributed by atoms with Crippen LogP contribution >= 0.6 is 28.6 Å². The number of hydrogen-bond acceptors (Lipinski definition) is 1. The number of benzene rings is 1. The summed E-state index contributed by atoms with van der Waals surface area (Å²) in [4.78, 5) is 0. The molecule has 0 unspecified atom stereocenters. The Kier molecular flexibility index (Phi) is 3.82. The summed E-state index contributed by atoms with van der Waals surface area (Å²) in [6, 6.07) is 4.97. The second kappa shape index (κ2) is 4.67. The summed E-state index contributed by atoms with van der Waals surface area (Å²) in [7, 11) is 0. The van der Waals surface area contributed by atoms with Gasteiger partial charge in [0.05, 0.1) is 0 Å². The van der Waals surface area contributed by atoms with Gasteiger partial charge in [-0.3, -0.25) is 0 Å². The molecule has 0 aliphatic carbocycles. The van der Waals surface area contributed by atoms with Crippen LogP contribution in [0.3, 0.4) is 0 Å². The van der Waals surface area contributed by atoms with E-state index in [1.165, 1.54) is 6.07 Å². The molecular weight excluding hydrogens is 239 g/mol. The summed E-state index contributed by atoms with van der Waals surface area (Å²) in [5.74, 6) is 0.401. The van der Waals surface area contributed by atoms with Gasteiger partial charge in [0.15, 0.2) is 0 Å². The number of hydrogen-bond donors (Lipinski definition) is 1. The predicted molar refractivity (Wildman–Crippen MR) is 57.0 cm³/mol. The van der Waals surface area contributed by atoms with Crippen LogP contribution < -0.4 is 0 Å². The Morgan fingerprint density at radius 3 is 2.83 bits per heavy atom. The van der Waals surface area contributed by atoms with E-state index in [1.54, 1.807) is 24.3 Å². The molecule has 12 heavy (non-hydrogen) atoms. The minimum atomic E-state index is -0.220. The van der Waals surface area contributed by atoms with E-state index < -0.39 is 0 Å². The molecule has 0 atom stereocenters. The van der Waals surface area contributed by atoms with Crippen molar-refractivity contribution < 1.29 is 4.39 Å². The number of halogens is 2. The highest BCUT2D eigenvalue weighted by Gasteiger charge is 1.97. The second-order valence-corrected chi connectivity index (χ2v) is 3.53. The van der Waals surface area contributed by atoms with Crippen molar-refractivity contribution in [2.24, 2.45) is 0 Å². The first-order valence-corrected chi connectivity index (χ1v) is 4.89. The second-order valence-electron chi connectivity index (χ2n) is 2.25. The van der Waals surface area contributed by atoms with Crippen molar-refractivity contribution in [3.8, 4) is 0 Å². The van der Waals surface area contributed by atoms with Gasteiger partial charge in [0, 0.05) is 15.8 Å². The van der Waals surface area contributed by atoms with Crippen molar-refractivity contribution in [2.75, 3.05) is 5.75 Å². The van der Waals surface area contributed by atoms with E-state index in [2.05, 4.69) is 28.6 Å². The van der Waals surface area contributed by atoms with Crippen LogP contribution in [0.1, 0.15) is 5.56 Å². The molecule has 0 saturated carbocycles. The van der Waals surface area contributed by atoms with Crippen molar-refractivity contribution in [1.29, 1.82) is 0 Å². The third-order valence-corrected chi connectivity index (χ3v) is 2.07. The Morgan fingerprint density at radius 2 is 2.25 bits per heavy atom. The molecule has 0 nitrogen and oxygen atoms in total. The molecule has 0 aromatic heterocycles. The van der Waals surface area contributed by atoms with Crippen LogP contribution in [0.2, 0.25) is 0 Å². The van der Waals surface area contributed by atoms with Crippen molar-refractivity contribution in [3.63, 3.8) is 0 Å². The van der Waals surface area contributed by atoms with Crippen LogP contribution in [-0.2, 0) is 0 Å². The smallest absolute Gasteiger partial charge is 0.131 e. The highest BCUT2D eigenvalue weighted by atomic mass is 79.9. The molecular formula is C9H8BrFS. The lowest BCUT2D eigenvalue weighted by molar-refractivity contribution is 0.624. The molecule has 64 valence electrons. The van der Waals surface area contributed by atoms with Crippen LogP contribution in [0, 0.1) is 5.82 Å². The highest BCUT2D eigenvalue weighted by Crippen LogP contribution is 2.16. The Morgan fingerprint density at radius 1 is 1.50 bits per heavy atom. The summed E-state index contributed by atoms with van der Waals surface area (Å²) in [6.07, 6.45) is 3.52. The van der Waals surface area contributed by atoms with Crippen LogP contribution in [0.5, 0.6) is 0 Å². The Balaban J connectivity index is 2.94. The average Bonchev–Trinajstić information content (AvgIpc) is 2.03. The molecule has 0 fully saturated rings. The lowest BCUT2D eigenvalue weighted by Crippen LogP contribution is -1.80. The fourth-order valence-electron chi connectivity index (χ4n) is 0.816. The van der Waals surface area contributed by atoms with E-state index in [-0.39, 0.29) is 5.82 Å². The van der Waals surface area contributed by atoms with Crippen molar-refractivity contribution >= 4 is 34.6 Å². The largest absolute Gasteiger partial charge is 0.206 e. The molecule has 0 amide bonds. The molecule has 0 bridgehead atoms. The van der Waals surface area contributed by atoms with Gasteiger partial charge in [0.2, 0.25) is 0 Å². The first kappa shape index (κ1) is 9.81. The maximum Gasteiger partial charge on any atom is 0.131 e. The van der Waals surface area contributed by atoms with E-state index in [9.17, 15) is 4.39 Å².